The minimum Gasteiger partial charge on any atom is -0.497 e. The number of likely N-dealkylation sites (tertiary alicyclic amines) is 1. The molecule has 0 atom stereocenters. The lowest BCUT2D eigenvalue weighted by molar-refractivity contribution is 0.187. The summed E-state index contributed by atoms with van der Waals surface area (Å²) in [6.45, 7) is 5.41. The van der Waals surface area contributed by atoms with Gasteiger partial charge in [0.25, 0.3) is 0 Å². The number of piperidine rings is 1. The SMILES string of the molecule is COc1ccc(-c2[nH]c(=O)sc2CN2CCC(C)CC2)cc1. The quantitative estimate of drug-likeness (QED) is 0.940. The highest BCUT2D eigenvalue weighted by atomic mass is 32.1. The highest BCUT2D eigenvalue weighted by Crippen LogP contribution is 2.27. The van der Waals surface area contributed by atoms with Crippen molar-refractivity contribution in [1.29, 1.82) is 0 Å². The number of benzene rings is 1. The van der Waals surface area contributed by atoms with Crippen molar-refractivity contribution >= 4 is 11.3 Å². The van der Waals surface area contributed by atoms with Gasteiger partial charge in [-0.05, 0) is 61.7 Å². The fraction of sp³-hybridized carbons (Fsp3) is 0.471. The molecule has 0 radical (unpaired) electrons. The first-order chi connectivity index (χ1) is 10.7. The molecule has 1 aromatic carbocycles. The molecular weight excluding hydrogens is 296 g/mol. The van der Waals surface area contributed by atoms with Gasteiger partial charge in [-0.3, -0.25) is 9.69 Å². The zero-order valence-corrected chi connectivity index (χ0v) is 13.9. The molecular formula is C17H22N2O2S. The molecule has 1 N–H and O–H groups in total. The number of H-pyrrole nitrogens is 1. The number of nitrogens with one attached hydrogen (secondary N) is 1. The van der Waals surface area contributed by atoms with Gasteiger partial charge in [-0.25, -0.2) is 0 Å². The normalized spacial score (nSPS) is 16.8. The Balaban J connectivity index is 1.81. The third-order valence-corrected chi connectivity index (χ3v) is 5.21. The monoisotopic (exact) mass is 318 g/mol. The molecule has 2 heterocycles. The molecule has 0 unspecified atom stereocenters. The fourth-order valence-electron chi connectivity index (χ4n) is 2.89. The molecule has 0 aliphatic carbocycles. The second kappa shape index (κ2) is 6.67. The Labute approximate surface area is 134 Å². The van der Waals surface area contributed by atoms with Crippen molar-refractivity contribution in [3.05, 3.63) is 38.8 Å². The van der Waals surface area contributed by atoms with E-state index in [0.29, 0.717) is 0 Å². The average molecular weight is 318 g/mol. The number of nitrogens with zero attached hydrogens (tertiary/aromatic N) is 1. The molecule has 0 bridgehead atoms. The van der Waals surface area contributed by atoms with Crippen molar-refractivity contribution in [2.45, 2.75) is 26.3 Å². The summed E-state index contributed by atoms with van der Waals surface area (Å²) in [6.07, 6.45) is 2.49. The van der Waals surface area contributed by atoms with E-state index in [1.807, 2.05) is 24.3 Å². The number of aromatic amines is 1. The van der Waals surface area contributed by atoms with Crippen molar-refractivity contribution in [3.63, 3.8) is 0 Å². The first kappa shape index (κ1) is 15.3. The standard InChI is InChI=1S/C17H22N2O2S/c1-12-7-9-19(10-8-12)11-15-16(18-17(20)22-15)13-3-5-14(21-2)6-4-13/h3-6,12H,7-11H2,1-2H3,(H,18,20). The summed E-state index contributed by atoms with van der Waals surface area (Å²) >= 11 is 1.33. The summed E-state index contributed by atoms with van der Waals surface area (Å²) in [5.41, 5.74) is 2.00. The first-order valence-electron chi connectivity index (χ1n) is 7.74. The van der Waals surface area contributed by atoms with Crippen molar-refractivity contribution < 1.29 is 4.74 Å². The minimum atomic E-state index is 0.0196. The van der Waals surface area contributed by atoms with E-state index in [1.165, 1.54) is 24.2 Å². The molecule has 4 nitrogen and oxygen atoms in total. The zero-order chi connectivity index (χ0) is 15.5. The molecule has 1 fully saturated rings. The van der Waals surface area contributed by atoms with Crippen LogP contribution in [0.1, 0.15) is 24.6 Å². The second-order valence-corrected chi connectivity index (χ2v) is 7.07. The van der Waals surface area contributed by atoms with E-state index in [9.17, 15) is 4.79 Å². The Kier molecular flexibility index (Phi) is 4.64. The van der Waals surface area contributed by atoms with Crippen LogP contribution in [0.5, 0.6) is 5.75 Å². The molecule has 5 heteroatoms. The highest BCUT2D eigenvalue weighted by Gasteiger charge is 2.19. The third kappa shape index (κ3) is 3.42. The predicted molar refractivity (Wildman–Crippen MR) is 90.6 cm³/mol. The summed E-state index contributed by atoms with van der Waals surface area (Å²) < 4.78 is 5.19. The van der Waals surface area contributed by atoms with E-state index in [4.69, 9.17) is 4.74 Å². The van der Waals surface area contributed by atoms with Gasteiger partial charge in [0.1, 0.15) is 5.75 Å². The molecule has 2 aromatic rings. The first-order valence-corrected chi connectivity index (χ1v) is 8.56. The smallest absolute Gasteiger partial charge is 0.305 e. The van der Waals surface area contributed by atoms with Crippen LogP contribution in [0.25, 0.3) is 11.3 Å². The van der Waals surface area contributed by atoms with Gasteiger partial charge in [-0.2, -0.15) is 0 Å². The van der Waals surface area contributed by atoms with Gasteiger partial charge in [-0.15, -0.1) is 0 Å². The molecule has 1 aliphatic heterocycles. The van der Waals surface area contributed by atoms with Crippen LogP contribution in [0.2, 0.25) is 0 Å². The van der Waals surface area contributed by atoms with Crippen molar-refractivity contribution in [3.8, 4) is 17.0 Å². The van der Waals surface area contributed by atoms with Crippen LogP contribution in [-0.2, 0) is 6.54 Å². The van der Waals surface area contributed by atoms with Crippen molar-refractivity contribution in [2.75, 3.05) is 20.2 Å². The molecule has 22 heavy (non-hydrogen) atoms. The topological polar surface area (TPSA) is 45.3 Å². The van der Waals surface area contributed by atoms with E-state index in [-0.39, 0.29) is 4.87 Å². The lowest BCUT2D eigenvalue weighted by atomic mass is 9.99. The van der Waals surface area contributed by atoms with E-state index < -0.39 is 0 Å². The number of ether oxygens (including phenoxy) is 1. The van der Waals surface area contributed by atoms with Crippen molar-refractivity contribution in [2.24, 2.45) is 5.92 Å². The van der Waals surface area contributed by atoms with Crippen LogP contribution in [-0.4, -0.2) is 30.1 Å². The Morgan fingerprint density at radius 3 is 2.59 bits per heavy atom. The number of hydrogen-bond acceptors (Lipinski definition) is 4. The van der Waals surface area contributed by atoms with E-state index >= 15 is 0 Å². The molecule has 0 amide bonds. The van der Waals surface area contributed by atoms with E-state index in [1.54, 1.807) is 7.11 Å². The van der Waals surface area contributed by atoms with Gasteiger partial charge in [0.05, 0.1) is 12.8 Å². The van der Waals surface area contributed by atoms with Crippen LogP contribution < -0.4 is 9.61 Å². The summed E-state index contributed by atoms with van der Waals surface area (Å²) in [5.74, 6) is 1.65. The largest absolute Gasteiger partial charge is 0.497 e. The summed E-state index contributed by atoms with van der Waals surface area (Å²) in [7, 11) is 1.66. The van der Waals surface area contributed by atoms with Crippen LogP contribution in [0, 0.1) is 5.92 Å². The number of thiazole rings is 1. The summed E-state index contributed by atoms with van der Waals surface area (Å²) in [6, 6.07) is 7.85. The molecule has 1 saturated heterocycles. The van der Waals surface area contributed by atoms with Gasteiger partial charge in [-0.1, -0.05) is 18.3 Å². The number of aromatic nitrogens is 1. The van der Waals surface area contributed by atoms with E-state index in [0.717, 1.165) is 47.4 Å². The number of rotatable bonds is 4. The van der Waals surface area contributed by atoms with Crippen LogP contribution >= 0.6 is 11.3 Å². The van der Waals surface area contributed by atoms with Crippen molar-refractivity contribution in [1.82, 2.24) is 9.88 Å². The molecule has 0 spiro atoms. The second-order valence-electron chi connectivity index (χ2n) is 6.00. The Bertz CT molecular complexity index is 667. The maximum atomic E-state index is 11.8. The zero-order valence-electron chi connectivity index (χ0n) is 13.1. The maximum Gasteiger partial charge on any atom is 0.305 e. The maximum absolute atomic E-state index is 11.8. The minimum absolute atomic E-state index is 0.0196. The summed E-state index contributed by atoms with van der Waals surface area (Å²) in [5, 5.41) is 0. The molecule has 118 valence electrons. The average Bonchev–Trinajstić information content (AvgIpc) is 2.90. The van der Waals surface area contributed by atoms with Gasteiger partial charge in [0.15, 0.2) is 0 Å². The lowest BCUT2D eigenvalue weighted by Crippen LogP contribution is -2.32. The molecule has 1 aromatic heterocycles. The van der Waals surface area contributed by atoms with E-state index in [2.05, 4.69) is 16.8 Å². The van der Waals surface area contributed by atoms with Crippen LogP contribution in [0.3, 0.4) is 0 Å². The predicted octanol–water partition coefficient (Wildman–Crippen LogP) is 3.34. The van der Waals surface area contributed by atoms with Gasteiger partial charge < -0.3 is 9.72 Å². The number of hydrogen-bond donors (Lipinski definition) is 1. The van der Waals surface area contributed by atoms with Crippen LogP contribution in [0.4, 0.5) is 0 Å². The molecule has 0 saturated carbocycles. The van der Waals surface area contributed by atoms with Gasteiger partial charge >= 0.3 is 4.87 Å². The third-order valence-electron chi connectivity index (χ3n) is 4.34. The highest BCUT2D eigenvalue weighted by molar-refractivity contribution is 7.09. The summed E-state index contributed by atoms with van der Waals surface area (Å²) in [4.78, 5) is 18.4. The number of methoxy groups -OCH3 is 1. The van der Waals surface area contributed by atoms with Crippen LogP contribution in [0.15, 0.2) is 29.1 Å². The molecule has 3 rings (SSSR count). The van der Waals surface area contributed by atoms with Gasteiger partial charge in [0.2, 0.25) is 0 Å². The lowest BCUT2D eigenvalue weighted by Gasteiger charge is -2.29. The molecule has 1 aliphatic rings. The van der Waals surface area contributed by atoms with Gasteiger partial charge in [0, 0.05) is 11.4 Å². The Morgan fingerprint density at radius 2 is 1.95 bits per heavy atom. The fourth-order valence-corrected chi connectivity index (χ4v) is 3.78. The Hall–Kier alpha value is -1.59. The Morgan fingerprint density at radius 1 is 1.27 bits per heavy atom.